The summed E-state index contributed by atoms with van der Waals surface area (Å²) < 4.78 is 39.5. The fourth-order valence-corrected chi connectivity index (χ4v) is 3.25. The Balaban J connectivity index is 2.40. The lowest BCUT2D eigenvalue weighted by molar-refractivity contribution is 0.594. The molecule has 1 aromatic heterocycles. The molecule has 0 aliphatic rings. The molecule has 0 unspecified atom stereocenters. The van der Waals surface area contributed by atoms with Crippen LogP contribution in [-0.4, -0.2) is 18.6 Å². The van der Waals surface area contributed by atoms with Crippen molar-refractivity contribution in [3.8, 4) is 0 Å². The molecule has 2 N–H and O–H groups in total. The summed E-state index contributed by atoms with van der Waals surface area (Å²) in [5.41, 5.74) is -0.463. The van der Waals surface area contributed by atoms with Crippen LogP contribution in [0.2, 0.25) is 0 Å². The topological polar surface area (TPSA) is 91.9 Å². The van der Waals surface area contributed by atoms with E-state index in [0.29, 0.717) is 0 Å². The summed E-state index contributed by atoms with van der Waals surface area (Å²) in [6.07, 6.45) is 0. The van der Waals surface area contributed by atoms with Gasteiger partial charge in [0.05, 0.1) is 0 Å². The number of nitrogens with zero attached hydrogens (tertiary/aromatic N) is 1. The smallest absolute Gasteiger partial charge is 0.264 e. The van der Waals surface area contributed by atoms with E-state index in [2.05, 4.69) is 30.8 Å². The maximum absolute atomic E-state index is 13.1. The number of aromatic nitrogens is 2. The summed E-state index contributed by atoms with van der Waals surface area (Å²) in [6.45, 7) is 0. The summed E-state index contributed by atoms with van der Waals surface area (Å²) in [4.78, 5) is 10.5. The van der Waals surface area contributed by atoms with Crippen molar-refractivity contribution in [2.45, 2.75) is 4.90 Å². The number of halogens is 2. The van der Waals surface area contributed by atoms with Gasteiger partial charge in [-0.2, -0.15) is 5.10 Å². The Hall–Kier alpha value is -1.74. The lowest BCUT2D eigenvalue weighted by Crippen LogP contribution is -2.17. The van der Waals surface area contributed by atoms with Crippen LogP contribution in [0.5, 0.6) is 0 Å². The zero-order valence-electron chi connectivity index (χ0n) is 9.22. The zero-order valence-corrected chi connectivity index (χ0v) is 11.6. The van der Waals surface area contributed by atoms with E-state index in [9.17, 15) is 17.6 Å². The van der Waals surface area contributed by atoms with E-state index in [1.54, 1.807) is 0 Å². The Morgan fingerprint density at radius 3 is 2.63 bits per heavy atom. The summed E-state index contributed by atoms with van der Waals surface area (Å²) >= 11 is 3.03. The first-order valence-electron chi connectivity index (χ1n) is 4.92. The summed E-state index contributed by atoms with van der Waals surface area (Å²) in [7, 11) is -4.00. The number of hydrogen-bond acceptors (Lipinski definition) is 4. The Morgan fingerprint density at radius 2 is 2.00 bits per heavy atom. The van der Waals surface area contributed by atoms with E-state index < -0.39 is 21.4 Å². The Labute approximate surface area is 115 Å². The van der Waals surface area contributed by atoms with Crippen molar-refractivity contribution < 1.29 is 12.8 Å². The highest BCUT2D eigenvalue weighted by Crippen LogP contribution is 2.24. The maximum Gasteiger partial charge on any atom is 0.264 e. The standard InChI is InChI=1S/C10H7BrFN3O3S/c11-7-2-1-6(12)5-8(7)19(17,18)15-9-3-4-10(16)14-13-9/h1-5H,(H,13,15)(H,14,16). The van der Waals surface area contributed by atoms with E-state index in [1.807, 2.05) is 0 Å². The molecular formula is C10H7BrFN3O3S. The highest BCUT2D eigenvalue weighted by molar-refractivity contribution is 9.10. The number of rotatable bonds is 3. The summed E-state index contributed by atoms with van der Waals surface area (Å²) in [6, 6.07) is 5.60. The third kappa shape index (κ3) is 3.18. The van der Waals surface area contributed by atoms with Crippen LogP contribution in [0.4, 0.5) is 10.2 Å². The average molecular weight is 348 g/mol. The second-order valence-corrected chi connectivity index (χ2v) is 5.99. The molecule has 0 bridgehead atoms. The lowest BCUT2D eigenvalue weighted by Gasteiger charge is -2.08. The van der Waals surface area contributed by atoms with Gasteiger partial charge in [-0.25, -0.2) is 17.9 Å². The van der Waals surface area contributed by atoms with Gasteiger partial charge in [0, 0.05) is 10.5 Å². The lowest BCUT2D eigenvalue weighted by atomic mass is 10.3. The van der Waals surface area contributed by atoms with E-state index in [1.165, 1.54) is 12.1 Å². The average Bonchev–Trinajstić information content (AvgIpc) is 2.35. The van der Waals surface area contributed by atoms with Crippen molar-refractivity contribution in [3.05, 3.63) is 51.0 Å². The summed E-state index contributed by atoms with van der Waals surface area (Å²) in [5, 5.41) is 5.59. The van der Waals surface area contributed by atoms with Gasteiger partial charge in [0.15, 0.2) is 5.82 Å². The molecule has 1 aromatic carbocycles. The van der Waals surface area contributed by atoms with Crippen molar-refractivity contribution in [1.29, 1.82) is 0 Å². The molecule has 0 amide bonds. The van der Waals surface area contributed by atoms with Crippen molar-refractivity contribution in [2.75, 3.05) is 4.72 Å². The third-order valence-electron chi connectivity index (χ3n) is 2.10. The van der Waals surface area contributed by atoms with Crippen molar-refractivity contribution >= 4 is 31.8 Å². The molecule has 2 rings (SSSR count). The quantitative estimate of drug-likeness (QED) is 0.879. The minimum atomic E-state index is -4.00. The van der Waals surface area contributed by atoms with E-state index >= 15 is 0 Å². The highest BCUT2D eigenvalue weighted by Gasteiger charge is 2.19. The van der Waals surface area contributed by atoms with Crippen molar-refractivity contribution in [3.63, 3.8) is 0 Å². The number of hydrogen-bond donors (Lipinski definition) is 2. The number of aromatic amines is 1. The molecule has 2 aromatic rings. The molecule has 0 atom stereocenters. The van der Waals surface area contributed by atoms with Gasteiger partial charge in [-0.3, -0.25) is 9.52 Å². The number of sulfonamides is 1. The van der Waals surface area contributed by atoms with E-state index in [4.69, 9.17) is 0 Å². The van der Waals surface area contributed by atoms with Gasteiger partial charge >= 0.3 is 0 Å². The molecule has 19 heavy (non-hydrogen) atoms. The van der Waals surface area contributed by atoms with Crippen LogP contribution in [0.3, 0.4) is 0 Å². The third-order valence-corrected chi connectivity index (χ3v) is 4.45. The largest absolute Gasteiger partial charge is 0.268 e. The van der Waals surface area contributed by atoms with Gasteiger partial charge in [-0.15, -0.1) is 0 Å². The van der Waals surface area contributed by atoms with E-state index in [0.717, 1.165) is 18.2 Å². The van der Waals surface area contributed by atoms with Crippen LogP contribution < -0.4 is 10.3 Å². The van der Waals surface area contributed by atoms with Gasteiger partial charge in [0.25, 0.3) is 15.6 Å². The van der Waals surface area contributed by atoms with E-state index in [-0.39, 0.29) is 15.2 Å². The molecule has 6 nitrogen and oxygen atoms in total. The molecule has 0 spiro atoms. The predicted molar refractivity (Wildman–Crippen MR) is 69.8 cm³/mol. The number of H-pyrrole nitrogens is 1. The van der Waals surface area contributed by atoms with Crippen molar-refractivity contribution in [1.82, 2.24) is 10.2 Å². The molecule has 100 valence electrons. The second kappa shape index (κ2) is 5.10. The highest BCUT2D eigenvalue weighted by atomic mass is 79.9. The molecule has 0 fully saturated rings. The minimum absolute atomic E-state index is 0.0734. The minimum Gasteiger partial charge on any atom is -0.268 e. The second-order valence-electron chi connectivity index (χ2n) is 3.49. The fraction of sp³-hybridized carbons (Fsp3) is 0. The zero-order chi connectivity index (χ0) is 14.0. The molecule has 9 heteroatoms. The van der Waals surface area contributed by atoms with Crippen LogP contribution in [0, 0.1) is 5.82 Å². The molecule has 0 saturated carbocycles. The normalized spacial score (nSPS) is 11.3. The number of nitrogens with one attached hydrogen (secondary N) is 2. The van der Waals surface area contributed by atoms with Gasteiger partial charge in [0.2, 0.25) is 0 Å². The van der Waals surface area contributed by atoms with Crippen LogP contribution >= 0.6 is 15.9 Å². The van der Waals surface area contributed by atoms with Crippen LogP contribution in [0.15, 0.2) is 44.5 Å². The fourth-order valence-electron chi connectivity index (χ4n) is 1.28. The molecule has 1 heterocycles. The van der Waals surface area contributed by atoms with Crippen molar-refractivity contribution in [2.24, 2.45) is 0 Å². The first kappa shape index (κ1) is 13.7. The molecule has 0 saturated heterocycles. The monoisotopic (exact) mass is 347 g/mol. The molecule has 0 aliphatic heterocycles. The van der Waals surface area contributed by atoms with Gasteiger partial charge < -0.3 is 0 Å². The molecule has 0 aliphatic carbocycles. The molecule has 0 radical (unpaired) electrons. The van der Waals surface area contributed by atoms with Gasteiger partial charge in [-0.05, 0) is 40.2 Å². The maximum atomic E-state index is 13.1. The van der Waals surface area contributed by atoms with Gasteiger partial charge in [-0.1, -0.05) is 0 Å². The first-order valence-corrected chi connectivity index (χ1v) is 7.20. The number of anilines is 1. The van der Waals surface area contributed by atoms with Crippen LogP contribution in [-0.2, 0) is 10.0 Å². The molecular weight excluding hydrogens is 341 g/mol. The first-order chi connectivity index (χ1) is 8.88. The summed E-state index contributed by atoms with van der Waals surface area (Å²) in [5.74, 6) is -0.756. The Bertz CT molecular complexity index is 755. The number of benzene rings is 1. The van der Waals surface area contributed by atoms with Crippen LogP contribution in [0.25, 0.3) is 0 Å². The Morgan fingerprint density at radius 1 is 1.26 bits per heavy atom. The Kier molecular flexibility index (Phi) is 3.67. The predicted octanol–water partition coefficient (Wildman–Crippen LogP) is 1.47. The SMILES string of the molecule is O=c1ccc(NS(=O)(=O)c2cc(F)ccc2Br)n[nH]1. The van der Waals surface area contributed by atoms with Crippen LogP contribution in [0.1, 0.15) is 0 Å². The van der Waals surface area contributed by atoms with Gasteiger partial charge in [0.1, 0.15) is 10.7 Å².